The Morgan fingerprint density at radius 3 is 2.50 bits per heavy atom. The molecule has 0 heterocycles. The summed E-state index contributed by atoms with van der Waals surface area (Å²) in [5.74, 6) is -0.0750. The molecule has 0 aliphatic rings. The Hall–Kier alpha value is -1.63. The lowest BCUT2D eigenvalue weighted by atomic mass is 9.95. The maximum absolute atomic E-state index is 12.0. The highest BCUT2D eigenvalue weighted by Gasteiger charge is 2.22. The zero-order valence-electron chi connectivity index (χ0n) is 12.4. The van der Waals surface area contributed by atoms with Crippen LogP contribution in [0.15, 0.2) is 28.7 Å². The van der Waals surface area contributed by atoms with Gasteiger partial charge >= 0.3 is 0 Å². The van der Waals surface area contributed by atoms with Crippen molar-refractivity contribution in [2.24, 2.45) is 11.5 Å². The van der Waals surface area contributed by atoms with Crippen LogP contribution in [0, 0.1) is 0 Å². The number of hydrogen-bond donors (Lipinski definition) is 2. The summed E-state index contributed by atoms with van der Waals surface area (Å²) < 4.78 is 11.5. The predicted octanol–water partition coefficient (Wildman–Crippen LogP) is 2.23. The van der Waals surface area contributed by atoms with Crippen molar-refractivity contribution >= 4 is 32.6 Å². The second-order valence-electron chi connectivity index (χ2n) is 4.79. The third kappa shape index (κ3) is 3.24. The first-order chi connectivity index (χ1) is 10.6. The van der Waals surface area contributed by atoms with Crippen LogP contribution < -0.4 is 16.2 Å². The van der Waals surface area contributed by atoms with Crippen molar-refractivity contribution in [1.82, 2.24) is 0 Å². The molecule has 1 amide bonds. The van der Waals surface area contributed by atoms with Gasteiger partial charge in [-0.2, -0.15) is 0 Å². The summed E-state index contributed by atoms with van der Waals surface area (Å²) in [6.45, 7) is 1.17. The molecule has 0 saturated heterocycles. The van der Waals surface area contributed by atoms with E-state index >= 15 is 0 Å². The van der Waals surface area contributed by atoms with Crippen molar-refractivity contribution in [3.05, 3.63) is 39.9 Å². The molecule has 4 N–H and O–H groups in total. The largest absolute Gasteiger partial charge is 0.489 e. The third-order valence-electron chi connectivity index (χ3n) is 3.39. The summed E-state index contributed by atoms with van der Waals surface area (Å²) in [5, 5.41) is 1.91. The molecule has 0 aliphatic heterocycles. The lowest BCUT2D eigenvalue weighted by molar-refractivity contribution is 0.0991. The van der Waals surface area contributed by atoms with Gasteiger partial charge in [0.05, 0.1) is 16.6 Å². The van der Waals surface area contributed by atoms with Crippen molar-refractivity contribution in [2.75, 3.05) is 26.9 Å². The fraction of sp³-hybridized carbons (Fsp3) is 0.312. The Bertz CT molecular complexity index is 689. The van der Waals surface area contributed by atoms with Gasteiger partial charge in [0.1, 0.15) is 12.4 Å². The molecule has 5 nitrogen and oxygen atoms in total. The molecule has 0 aliphatic carbocycles. The third-order valence-corrected chi connectivity index (χ3v) is 4.18. The molecule has 0 fully saturated rings. The molecular formula is C16H19BrN2O3. The van der Waals surface area contributed by atoms with E-state index in [0.29, 0.717) is 42.0 Å². The van der Waals surface area contributed by atoms with Crippen LogP contribution in [0.4, 0.5) is 0 Å². The molecule has 0 spiro atoms. The predicted molar refractivity (Wildman–Crippen MR) is 90.3 cm³/mol. The van der Waals surface area contributed by atoms with Crippen molar-refractivity contribution in [1.29, 1.82) is 0 Å². The fourth-order valence-corrected chi connectivity index (χ4v) is 3.13. The molecule has 118 valence electrons. The van der Waals surface area contributed by atoms with Gasteiger partial charge in [-0.1, -0.05) is 24.3 Å². The number of rotatable bonds is 7. The number of benzene rings is 2. The molecule has 2 rings (SSSR count). The van der Waals surface area contributed by atoms with Crippen LogP contribution in [0.25, 0.3) is 10.8 Å². The van der Waals surface area contributed by atoms with E-state index in [9.17, 15) is 4.79 Å². The Balaban J connectivity index is 2.71. The van der Waals surface area contributed by atoms with Gasteiger partial charge in [0.2, 0.25) is 0 Å². The molecule has 6 heteroatoms. The van der Waals surface area contributed by atoms with E-state index in [1.54, 1.807) is 7.11 Å². The molecule has 0 radical (unpaired) electrons. The Morgan fingerprint density at radius 1 is 1.23 bits per heavy atom. The van der Waals surface area contributed by atoms with Gasteiger partial charge in [-0.25, -0.2) is 0 Å². The Labute approximate surface area is 137 Å². The smallest absolute Gasteiger partial charge is 0.252 e. The zero-order chi connectivity index (χ0) is 16.1. The maximum Gasteiger partial charge on any atom is 0.252 e. The maximum atomic E-state index is 12.0. The van der Waals surface area contributed by atoms with Crippen LogP contribution >= 0.6 is 15.9 Å². The van der Waals surface area contributed by atoms with Gasteiger partial charge in [-0.3, -0.25) is 4.79 Å². The summed E-state index contributed by atoms with van der Waals surface area (Å²) in [6.07, 6.45) is 0.548. The first-order valence-electron chi connectivity index (χ1n) is 6.96. The van der Waals surface area contributed by atoms with Gasteiger partial charge in [0.25, 0.3) is 5.91 Å². The molecule has 22 heavy (non-hydrogen) atoms. The lowest BCUT2D eigenvalue weighted by Gasteiger charge is -2.18. The average Bonchev–Trinajstić information content (AvgIpc) is 2.51. The standard InChI is InChI=1S/C16H19BrN2O3/c1-21-8-9-22-15-13(16(19)20)11(6-7-18)10-4-2-3-5-12(10)14(15)17/h2-5H,6-9,18H2,1H3,(H2,19,20). The number of primary amides is 1. The summed E-state index contributed by atoms with van der Waals surface area (Å²) in [4.78, 5) is 12.0. The fourth-order valence-electron chi connectivity index (χ4n) is 2.47. The average molecular weight is 367 g/mol. The van der Waals surface area contributed by atoms with Crippen LogP contribution in [-0.4, -0.2) is 32.8 Å². The quantitative estimate of drug-likeness (QED) is 0.735. The van der Waals surface area contributed by atoms with Gasteiger partial charge in [-0.15, -0.1) is 0 Å². The van der Waals surface area contributed by atoms with E-state index in [2.05, 4.69) is 15.9 Å². The highest BCUT2D eigenvalue weighted by atomic mass is 79.9. The van der Waals surface area contributed by atoms with E-state index in [1.165, 1.54) is 0 Å². The summed E-state index contributed by atoms with van der Waals surface area (Å²) in [5.41, 5.74) is 12.5. The second-order valence-corrected chi connectivity index (χ2v) is 5.58. The number of carbonyl (C=O) groups is 1. The highest BCUT2D eigenvalue weighted by molar-refractivity contribution is 9.10. The van der Waals surface area contributed by atoms with Gasteiger partial charge in [0.15, 0.2) is 0 Å². The van der Waals surface area contributed by atoms with Gasteiger partial charge in [0, 0.05) is 7.11 Å². The van der Waals surface area contributed by atoms with Crippen LogP contribution in [0.1, 0.15) is 15.9 Å². The number of methoxy groups -OCH3 is 1. The van der Waals surface area contributed by atoms with E-state index in [-0.39, 0.29) is 0 Å². The number of hydrogen-bond acceptors (Lipinski definition) is 4. The van der Waals surface area contributed by atoms with Crippen LogP contribution in [0.3, 0.4) is 0 Å². The van der Waals surface area contributed by atoms with E-state index in [4.69, 9.17) is 20.9 Å². The first-order valence-corrected chi connectivity index (χ1v) is 7.75. The van der Waals surface area contributed by atoms with Crippen LogP contribution in [-0.2, 0) is 11.2 Å². The zero-order valence-corrected chi connectivity index (χ0v) is 14.0. The minimum atomic E-state index is -0.526. The molecule has 2 aromatic carbocycles. The minimum absolute atomic E-state index is 0.329. The Kier molecular flexibility index (Phi) is 5.76. The number of amides is 1. The molecule has 0 unspecified atom stereocenters. The first kappa shape index (κ1) is 16.7. The topological polar surface area (TPSA) is 87.6 Å². The Morgan fingerprint density at radius 2 is 1.91 bits per heavy atom. The normalized spacial score (nSPS) is 10.9. The molecular weight excluding hydrogens is 348 g/mol. The summed E-state index contributed by atoms with van der Waals surface area (Å²) in [7, 11) is 1.59. The highest BCUT2D eigenvalue weighted by Crippen LogP contribution is 2.40. The van der Waals surface area contributed by atoms with Crippen LogP contribution in [0.5, 0.6) is 5.75 Å². The molecule has 2 aromatic rings. The monoisotopic (exact) mass is 366 g/mol. The molecule has 0 saturated carbocycles. The lowest BCUT2D eigenvalue weighted by Crippen LogP contribution is -2.19. The summed E-state index contributed by atoms with van der Waals surface area (Å²) in [6, 6.07) is 7.77. The molecule has 0 aromatic heterocycles. The van der Waals surface area contributed by atoms with Crippen molar-refractivity contribution in [3.8, 4) is 5.75 Å². The van der Waals surface area contributed by atoms with Crippen molar-refractivity contribution in [2.45, 2.75) is 6.42 Å². The number of ether oxygens (including phenoxy) is 2. The van der Waals surface area contributed by atoms with E-state index in [0.717, 1.165) is 16.3 Å². The number of fused-ring (bicyclic) bond motifs is 1. The SMILES string of the molecule is COCCOc1c(C(N)=O)c(CCN)c2ccccc2c1Br. The van der Waals surface area contributed by atoms with E-state index < -0.39 is 5.91 Å². The summed E-state index contributed by atoms with van der Waals surface area (Å²) >= 11 is 3.53. The van der Waals surface area contributed by atoms with Crippen molar-refractivity contribution < 1.29 is 14.3 Å². The number of halogens is 1. The molecule has 0 atom stereocenters. The van der Waals surface area contributed by atoms with Crippen LogP contribution in [0.2, 0.25) is 0 Å². The van der Waals surface area contributed by atoms with E-state index in [1.807, 2.05) is 24.3 Å². The second kappa shape index (κ2) is 7.58. The number of nitrogens with two attached hydrogens (primary N) is 2. The minimum Gasteiger partial charge on any atom is -0.489 e. The number of carbonyl (C=O) groups excluding carboxylic acids is 1. The van der Waals surface area contributed by atoms with Gasteiger partial charge in [-0.05, 0) is 45.2 Å². The van der Waals surface area contributed by atoms with Crippen molar-refractivity contribution in [3.63, 3.8) is 0 Å². The van der Waals surface area contributed by atoms with Gasteiger partial charge < -0.3 is 20.9 Å². The molecule has 0 bridgehead atoms.